The van der Waals surface area contributed by atoms with Crippen LogP contribution in [0.4, 0.5) is 0 Å². The number of aryl methyl sites for hydroxylation is 2. The topological polar surface area (TPSA) is 42.2 Å². The van der Waals surface area contributed by atoms with Crippen molar-refractivity contribution >= 4 is 11.5 Å². The van der Waals surface area contributed by atoms with Crippen LogP contribution in [0, 0.1) is 13.8 Å². The fraction of sp³-hybridized carbons (Fsp3) is 0.188. The standard InChI is InChI=1S/C16H17NO2/c1-11-5-4-6-12(2)16(11)17-8-7-14(10-17)13(3)9-15(18)19/h4-10H,1-3H3,(H,18,19)/b13-9+. The van der Waals surface area contributed by atoms with E-state index in [0.29, 0.717) is 0 Å². The number of aliphatic carboxylic acids is 1. The molecular formula is C16H17NO2. The zero-order valence-electron chi connectivity index (χ0n) is 11.3. The van der Waals surface area contributed by atoms with E-state index in [-0.39, 0.29) is 0 Å². The number of allylic oxidation sites excluding steroid dienone is 1. The molecule has 0 aliphatic carbocycles. The van der Waals surface area contributed by atoms with E-state index in [1.54, 1.807) is 6.92 Å². The molecule has 0 fully saturated rings. The van der Waals surface area contributed by atoms with Crippen molar-refractivity contribution in [2.45, 2.75) is 20.8 Å². The number of benzene rings is 1. The van der Waals surface area contributed by atoms with Crippen LogP contribution in [0.5, 0.6) is 0 Å². The van der Waals surface area contributed by atoms with Gasteiger partial charge < -0.3 is 9.67 Å². The highest BCUT2D eigenvalue weighted by molar-refractivity contribution is 5.89. The van der Waals surface area contributed by atoms with Gasteiger partial charge in [0.05, 0.1) is 5.69 Å². The lowest BCUT2D eigenvalue weighted by molar-refractivity contribution is -0.131. The van der Waals surface area contributed by atoms with Crippen molar-refractivity contribution in [3.8, 4) is 5.69 Å². The molecule has 1 aromatic carbocycles. The van der Waals surface area contributed by atoms with Gasteiger partial charge in [0, 0.05) is 18.5 Å². The molecular weight excluding hydrogens is 238 g/mol. The quantitative estimate of drug-likeness (QED) is 0.852. The minimum absolute atomic E-state index is 0.748. The van der Waals surface area contributed by atoms with E-state index in [1.807, 2.05) is 29.1 Å². The average Bonchev–Trinajstić information content (AvgIpc) is 2.77. The molecule has 3 nitrogen and oxygen atoms in total. The van der Waals surface area contributed by atoms with Crippen LogP contribution in [0.1, 0.15) is 23.6 Å². The van der Waals surface area contributed by atoms with Gasteiger partial charge in [0.15, 0.2) is 0 Å². The van der Waals surface area contributed by atoms with Crippen LogP contribution in [0.25, 0.3) is 11.3 Å². The maximum absolute atomic E-state index is 10.7. The number of hydrogen-bond donors (Lipinski definition) is 1. The molecule has 19 heavy (non-hydrogen) atoms. The van der Waals surface area contributed by atoms with Gasteiger partial charge in [0.25, 0.3) is 0 Å². The van der Waals surface area contributed by atoms with Gasteiger partial charge in [-0.25, -0.2) is 4.79 Å². The number of para-hydroxylation sites is 1. The van der Waals surface area contributed by atoms with Crippen molar-refractivity contribution in [1.82, 2.24) is 4.57 Å². The molecule has 98 valence electrons. The third-order valence-electron chi connectivity index (χ3n) is 3.19. The Hall–Kier alpha value is -2.29. The van der Waals surface area contributed by atoms with Crippen LogP contribution in [0.15, 0.2) is 42.7 Å². The predicted molar refractivity (Wildman–Crippen MR) is 76.5 cm³/mol. The van der Waals surface area contributed by atoms with Crippen LogP contribution < -0.4 is 0 Å². The predicted octanol–water partition coefficient (Wildman–Crippen LogP) is 3.58. The second-order valence-electron chi connectivity index (χ2n) is 4.71. The number of aromatic nitrogens is 1. The first-order valence-electron chi connectivity index (χ1n) is 6.15. The molecule has 1 N–H and O–H groups in total. The molecule has 0 saturated heterocycles. The van der Waals surface area contributed by atoms with Crippen molar-refractivity contribution < 1.29 is 9.90 Å². The lowest BCUT2D eigenvalue weighted by Crippen LogP contribution is -1.97. The van der Waals surface area contributed by atoms with E-state index >= 15 is 0 Å². The largest absolute Gasteiger partial charge is 0.478 e. The van der Waals surface area contributed by atoms with Crippen LogP contribution in [-0.2, 0) is 4.79 Å². The lowest BCUT2D eigenvalue weighted by Gasteiger charge is -2.10. The molecule has 3 heteroatoms. The van der Waals surface area contributed by atoms with Gasteiger partial charge in [0.2, 0.25) is 0 Å². The minimum atomic E-state index is -0.919. The summed E-state index contributed by atoms with van der Waals surface area (Å²) < 4.78 is 2.04. The second-order valence-corrected chi connectivity index (χ2v) is 4.71. The summed E-state index contributed by atoms with van der Waals surface area (Å²) in [5.41, 5.74) is 5.21. The second kappa shape index (κ2) is 5.14. The van der Waals surface area contributed by atoms with E-state index in [9.17, 15) is 4.79 Å². The third-order valence-corrected chi connectivity index (χ3v) is 3.19. The molecule has 0 spiro atoms. The molecule has 0 aliphatic rings. The number of hydrogen-bond acceptors (Lipinski definition) is 1. The normalized spacial score (nSPS) is 11.6. The number of carboxylic acid groups (broad SMARTS) is 1. The molecule has 1 aromatic heterocycles. The minimum Gasteiger partial charge on any atom is -0.478 e. The first-order valence-corrected chi connectivity index (χ1v) is 6.15. The van der Waals surface area contributed by atoms with E-state index in [0.717, 1.165) is 16.8 Å². The Labute approximate surface area is 112 Å². The number of nitrogens with zero attached hydrogens (tertiary/aromatic N) is 1. The van der Waals surface area contributed by atoms with Crippen LogP contribution in [-0.4, -0.2) is 15.6 Å². The SMILES string of the molecule is C/C(=C\C(=O)O)c1ccn(-c2c(C)cccc2C)c1. The van der Waals surface area contributed by atoms with Crippen molar-refractivity contribution in [2.75, 3.05) is 0 Å². The highest BCUT2D eigenvalue weighted by atomic mass is 16.4. The van der Waals surface area contributed by atoms with Gasteiger partial charge in [-0.1, -0.05) is 18.2 Å². The van der Waals surface area contributed by atoms with E-state index < -0.39 is 5.97 Å². The number of carbonyl (C=O) groups is 1. The Morgan fingerprint density at radius 2 is 1.84 bits per heavy atom. The summed E-state index contributed by atoms with van der Waals surface area (Å²) in [6, 6.07) is 8.11. The van der Waals surface area contributed by atoms with Crippen molar-refractivity contribution in [3.05, 3.63) is 59.4 Å². The van der Waals surface area contributed by atoms with Crippen LogP contribution in [0.2, 0.25) is 0 Å². The third kappa shape index (κ3) is 2.76. The highest BCUT2D eigenvalue weighted by Gasteiger charge is 2.06. The molecule has 0 amide bonds. The van der Waals surface area contributed by atoms with Crippen molar-refractivity contribution in [1.29, 1.82) is 0 Å². The van der Waals surface area contributed by atoms with Crippen molar-refractivity contribution in [3.63, 3.8) is 0 Å². The highest BCUT2D eigenvalue weighted by Crippen LogP contribution is 2.22. The molecule has 2 aromatic rings. The molecule has 0 radical (unpaired) electrons. The summed E-state index contributed by atoms with van der Waals surface area (Å²) in [4.78, 5) is 10.7. The lowest BCUT2D eigenvalue weighted by atomic mass is 10.1. The molecule has 0 atom stereocenters. The number of rotatable bonds is 3. The Kier molecular flexibility index (Phi) is 3.56. The summed E-state index contributed by atoms with van der Waals surface area (Å²) in [7, 11) is 0. The van der Waals surface area contributed by atoms with E-state index in [4.69, 9.17) is 5.11 Å². The summed E-state index contributed by atoms with van der Waals surface area (Å²) in [6.45, 7) is 5.95. The fourth-order valence-electron chi connectivity index (χ4n) is 2.25. The monoisotopic (exact) mass is 255 g/mol. The molecule has 0 unspecified atom stereocenters. The van der Waals surface area contributed by atoms with Gasteiger partial charge in [0.1, 0.15) is 0 Å². The zero-order valence-corrected chi connectivity index (χ0v) is 11.3. The zero-order chi connectivity index (χ0) is 14.0. The first kappa shape index (κ1) is 13.1. The smallest absolute Gasteiger partial charge is 0.328 e. The Bertz CT molecular complexity index is 630. The average molecular weight is 255 g/mol. The van der Waals surface area contributed by atoms with E-state index in [1.165, 1.54) is 17.2 Å². The Balaban J connectivity index is 2.45. The molecule has 1 heterocycles. The summed E-state index contributed by atoms with van der Waals surface area (Å²) in [5, 5.41) is 8.77. The van der Waals surface area contributed by atoms with Gasteiger partial charge in [-0.15, -0.1) is 0 Å². The Morgan fingerprint density at radius 3 is 2.42 bits per heavy atom. The first-order chi connectivity index (χ1) is 8.99. The Morgan fingerprint density at radius 1 is 1.21 bits per heavy atom. The summed E-state index contributed by atoms with van der Waals surface area (Å²) >= 11 is 0. The molecule has 2 rings (SSSR count). The van der Waals surface area contributed by atoms with E-state index in [2.05, 4.69) is 26.0 Å². The fourth-order valence-corrected chi connectivity index (χ4v) is 2.25. The molecule has 0 saturated carbocycles. The molecule has 0 bridgehead atoms. The summed E-state index contributed by atoms with van der Waals surface area (Å²) in [5.74, 6) is -0.919. The van der Waals surface area contributed by atoms with Gasteiger partial charge in [-0.3, -0.25) is 0 Å². The number of carboxylic acids is 1. The van der Waals surface area contributed by atoms with Crippen LogP contribution in [0.3, 0.4) is 0 Å². The van der Waals surface area contributed by atoms with Crippen LogP contribution >= 0.6 is 0 Å². The molecule has 0 aliphatic heterocycles. The van der Waals surface area contributed by atoms with Crippen molar-refractivity contribution in [2.24, 2.45) is 0 Å². The van der Waals surface area contributed by atoms with Gasteiger partial charge in [-0.05, 0) is 49.1 Å². The summed E-state index contributed by atoms with van der Waals surface area (Å²) in [6.07, 6.45) is 5.15. The van der Waals surface area contributed by atoms with Gasteiger partial charge >= 0.3 is 5.97 Å². The maximum Gasteiger partial charge on any atom is 0.328 e. The maximum atomic E-state index is 10.7. The van der Waals surface area contributed by atoms with Gasteiger partial charge in [-0.2, -0.15) is 0 Å².